The Balaban J connectivity index is 1.96. The molecular weight excluding hydrogens is 304 g/mol. The molecule has 2 N–H and O–H groups in total. The van der Waals surface area contributed by atoms with E-state index in [4.69, 9.17) is 10.5 Å². The highest BCUT2D eigenvalue weighted by Gasteiger charge is 2.43. The zero-order valence-corrected chi connectivity index (χ0v) is 13.3. The molecule has 2 atom stereocenters. The van der Waals surface area contributed by atoms with E-state index in [0.717, 1.165) is 24.8 Å². The quantitative estimate of drug-likeness (QED) is 0.870. The van der Waals surface area contributed by atoms with Gasteiger partial charge in [-0.1, -0.05) is 6.07 Å². The lowest BCUT2D eigenvalue weighted by Gasteiger charge is -2.21. The van der Waals surface area contributed by atoms with Crippen molar-refractivity contribution in [2.75, 3.05) is 13.7 Å². The number of benzene rings is 1. The number of aryl methyl sites for hydroxylation is 2. The van der Waals surface area contributed by atoms with Gasteiger partial charge in [-0.3, -0.25) is 4.79 Å². The van der Waals surface area contributed by atoms with Gasteiger partial charge in [0.1, 0.15) is 6.04 Å². The maximum Gasteiger partial charge on any atom is 0.243 e. The number of hydrogen-bond acceptors (Lipinski definition) is 4. The van der Waals surface area contributed by atoms with Gasteiger partial charge < -0.3 is 10.5 Å². The molecule has 120 valence electrons. The summed E-state index contributed by atoms with van der Waals surface area (Å²) >= 11 is 0. The Morgan fingerprint density at radius 1 is 1.32 bits per heavy atom. The van der Waals surface area contributed by atoms with Crippen molar-refractivity contribution < 1.29 is 17.9 Å². The Morgan fingerprint density at radius 2 is 2.05 bits per heavy atom. The number of carbonyl (C=O) groups excluding carboxylic acids is 1. The van der Waals surface area contributed by atoms with Crippen LogP contribution in [0.3, 0.4) is 0 Å². The summed E-state index contributed by atoms with van der Waals surface area (Å²) < 4.78 is 32.1. The summed E-state index contributed by atoms with van der Waals surface area (Å²) in [7, 11) is -2.24. The average molecular weight is 324 g/mol. The zero-order chi connectivity index (χ0) is 15.9. The van der Waals surface area contributed by atoms with E-state index in [9.17, 15) is 13.2 Å². The molecule has 1 saturated heterocycles. The van der Waals surface area contributed by atoms with E-state index in [1.807, 2.05) is 6.07 Å². The van der Waals surface area contributed by atoms with Crippen LogP contribution < -0.4 is 5.73 Å². The molecule has 0 saturated carbocycles. The number of carbonyl (C=O) groups is 1. The minimum Gasteiger partial charge on any atom is -0.380 e. The third kappa shape index (κ3) is 2.53. The standard InChI is InChI=1S/C15H20N2O4S/c1-21-12-8-14(15(16)18)17(9-12)22(19,20)13-6-5-10-3-2-4-11(10)7-13/h5-7,12,14H,2-4,8-9H2,1H3,(H2,16,18)/t12-,14-/m0/s1. The summed E-state index contributed by atoms with van der Waals surface area (Å²) in [6.07, 6.45) is 2.95. The number of primary amides is 1. The van der Waals surface area contributed by atoms with Crippen LogP contribution in [0.25, 0.3) is 0 Å². The topological polar surface area (TPSA) is 89.7 Å². The SMILES string of the molecule is CO[C@H]1C[C@@H](C(N)=O)N(S(=O)(=O)c2ccc3c(c2)CCC3)C1. The van der Waals surface area contributed by atoms with Gasteiger partial charge in [0.05, 0.1) is 11.0 Å². The first-order valence-corrected chi connectivity index (χ1v) is 8.83. The van der Waals surface area contributed by atoms with Crippen LogP contribution in [0, 0.1) is 0 Å². The fraction of sp³-hybridized carbons (Fsp3) is 0.533. The zero-order valence-electron chi connectivity index (χ0n) is 12.5. The van der Waals surface area contributed by atoms with Crippen LogP contribution in [0.15, 0.2) is 23.1 Å². The van der Waals surface area contributed by atoms with Crippen molar-refractivity contribution in [1.29, 1.82) is 0 Å². The largest absolute Gasteiger partial charge is 0.380 e. The molecule has 7 heteroatoms. The third-order valence-corrected chi connectivity index (χ3v) is 6.43. The van der Waals surface area contributed by atoms with E-state index in [0.29, 0.717) is 6.42 Å². The Bertz CT molecular complexity index is 701. The number of methoxy groups -OCH3 is 1. The van der Waals surface area contributed by atoms with Gasteiger partial charge >= 0.3 is 0 Å². The predicted octanol–water partition coefficient (Wildman–Crippen LogP) is 0.439. The molecule has 6 nitrogen and oxygen atoms in total. The third-order valence-electron chi connectivity index (χ3n) is 4.56. The Kier molecular flexibility index (Phi) is 3.96. The van der Waals surface area contributed by atoms with E-state index in [2.05, 4.69) is 0 Å². The molecule has 0 bridgehead atoms. The molecule has 1 aliphatic heterocycles. The number of ether oxygens (including phenoxy) is 1. The van der Waals surface area contributed by atoms with Crippen LogP contribution in [0.2, 0.25) is 0 Å². The van der Waals surface area contributed by atoms with Crippen LogP contribution in [-0.2, 0) is 32.4 Å². The number of hydrogen-bond donors (Lipinski definition) is 1. The highest BCUT2D eigenvalue weighted by molar-refractivity contribution is 7.89. The second kappa shape index (κ2) is 5.64. The fourth-order valence-electron chi connectivity index (χ4n) is 3.31. The normalized spacial score (nSPS) is 25.3. The van der Waals surface area contributed by atoms with Crippen LogP contribution >= 0.6 is 0 Å². The summed E-state index contributed by atoms with van der Waals surface area (Å²) in [6.45, 7) is 0.156. The Labute approximate surface area is 130 Å². The summed E-state index contributed by atoms with van der Waals surface area (Å²) in [4.78, 5) is 11.8. The number of nitrogens with two attached hydrogens (primary N) is 1. The lowest BCUT2D eigenvalue weighted by Crippen LogP contribution is -2.43. The fourth-order valence-corrected chi connectivity index (χ4v) is 5.00. The van der Waals surface area contributed by atoms with E-state index in [1.54, 1.807) is 12.1 Å². The van der Waals surface area contributed by atoms with Gasteiger partial charge in [-0.25, -0.2) is 8.42 Å². The molecule has 1 aromatic carbocycles. The second-order valence-electron chi connectivity index (χ2n) is 5.87. The van der Waals surface area contributed by atoms with E-state index in [-0.39, 0.29) is 17.5 Å². The molecular formula is C15H20N2O4S. The van der Waals surface area contributed by atoms with Crippen molar-refractivity contribution in [1.82, 2.24) is 4.31 Å². The minimum atomic E-state index is -3.74. The molecule has 0 radical (unpaired) electrons. The first-order valence-electron chi connectivity index (χ1n) is 7.39. The van der Waals surface area contributed by atoms with Gasteiger partial charge in [-0.15, -0.1) is 0 Å². The lowest BCUT2D eigenvalue weighted by atomic mass is 10.1. The maximum atomic E-state index is 12.9. The monoisotopic (exact) mass is 324 g/mol. The van der Waals surface area contributed by atoms with Gasteiger partial charge in [0.25, 0.3) is 0 Å². The van der Waals surface area contributed by atoms with Gasteiger partial charge in [-0.05, 0) is 42.5 Å². The van der Waals surface area contributed by atoms with Gasteiger partial charge in [-0.2, -0.15) is 4.31 Å². The van der Waals surface area contributed by atoms with Crippen LogP contribution in [0.5, 0.6) is 0 Å². The Hall–Kier alpha value is -1.44. The molecule has 2 aliphatic rings. The maximum absolute atomic E-state index is 12.9. The minimum absolute atomic E-state index is 0.156. The number of amides is 1. The summed E-state index contributed by atoms with van der Waals surface area (Å²) in [6, 6.07) is 4.38. The van der Waals surface area contributed by atoms with Crippen molar-refractivity contribution in [3.05, 3.63) is 29.3 Å². The van der Waals surface area contributed by atoms with Crippen molar-refractivity contribution in [2.45, 2.75) is 42.7 Å². The molecule has 1 amide bonds. The summed E-state index contributed by atoms with van der Waals surface area (Å²) in [5.74, 6) is -0.635. The molecule has 0 aromatic heterocycles. The first-order chi connectivity index (χ1) is 10.4. The second-order valence-corrected chi connectivity index (χ2v) is 7.76. The molecule has 1 heterocycles. The molecule has 0 unspecified atom stereocenters. The number of fused-ring (bicyclic) bond motifs is 1. The number of sulfonamides is 1. The predicted molar refractivity (Wildman–Crippen MR) is 80.8 cm³/mol. The van der Waals surface area contributed by atoms with E-state index < -0.39 is 22.0 Å². The summed E-state index contributed by atoms with van der Waals surface area (Å²) in [5.41, 5.74) is 7.66. The van der Waals surface area contributed by atoms with Crippen molar-refractivity contribution in [3.63, 3.8) is 0 Å². The highest BCUT2D eigenvalue weighted by Crippen LogP contribution is 2.30. The van der Waals surface area contributed by atoms with Gasteiger partial charge in [0.15, 0.2) is 0 Å². The van der Waals surface area contributed by atoms with Crippen molar-refractivity contribution >= 4 is 15.9 Å². The van der Waals surface area contributed by atoms with Crippen molar-refractivity contribution in [2.24, 2.45) is 5.73 Å². The lowest BCUT2D eigenvalue weighted by molar-refractivity contribution is -0.121. The van der Waals surface area contributed by atoms with Gasteiger partial charge in [0.2, 0.25) is 15.9 Å². The van der Waals surface area contributed by atoms with Crippen LogP contribution in [-0.4, -0.2) is 44.4 Å². The molecule has 3 rings (SSSR count). The summed E-state index contributed by atoms with van der Waals surface area (Å²) in [5, 5.41) is 0. The molecule has 1 fully saturated rings. The van der Waals surface area contributed by atoms with Crippen LogP contribution in [0.1, 0.15) is 24.0 Å². The van der Waals surface area contributed by atoms with Crippen LogP contribution in [0.4, 0.5) is 0 Å². The van der Waals surface area contributed by atoms with Gasteiger partial charge in [0, 0.05) is 20.1 Å². The average Bonchev–Trinajstić information content (AvgIpc) is 3.13. The van der Waals surface area contributed by atoms with E-state index in [1.165, 1.54) is 17.0 Å². The molecule has 0 spiro atoms. The highest BCUT2D eigenvalue weighted by atomic mass is 32.2. The molecule has 1 aromatic rings. The number of nitrogens with zero attached hydrogens (tertiary/aromatic N) is 1. The molecule has 1 aliphatic carbocycles. The molecule has 22 heavy (non-hydrogen) atoms. The van der Waals surface area contributed by atoms with Crippen molar-refractivity contribution in [3.8, 4) is 0 Å². The smallest absolute Gasteiger partial charge is 0.243 e. The number of rotatable bonds is 4. The van der Waals surface area contributed by atoms with E-state index >= 15 is 0 Å². The first kappa shape index (κ1) is 15.5. The Morgan fingerprint density at radius 3 is 2.73 bits per heavy atom.